The van der Waals surface area contributed by atoms with Gasteiger partial charge in [-0.25, -0.2) is 0 Å². The van der Waals surface area contributed by atoms with E-state index >= 15 is 0 Å². The molecule has 0 bridgehead atoms. The van der Waals surface area contributed by atoms with Crippen molar-refractivity contribution < 1.29 is 24.2 Å². The van der Waals surface area contributed by atoms with Crippen LogP contribution < -0.4 is 4.74 Å². The van der Waals surface area contributed by atoms with Crippen LogP contribution in [-0.2, 0) is 27.4 Å². The Hall–Kier alpha value is -3.90. The highest BCUT2D eigenvalue weighted by Gasteiger charge is 2.45. The second-order valence-corrected chi connectivity index (χ2v) is 8.74. The fourth-order valence-electron chi connectivity index (χ4n) is 4.41. The van der Waals surface area contributed by atoms with E-state index in [-0.39, 0.29) is 11.3 Å². The molecule has 0 spiro atoms. The van der Waals surface area contributed by atoms with E-state index in [9.17, 15) is 14.7 Å². The van der Waals surface area contributed by atoms with Gasteiger partial charge in [0.1, 0.15) is 18.1 Å². The average molecular weight is 486 g/mol. The summed E-state index contributed by atoms with van der Waals surface area (Å²) in [5, 5.41) is 11.2. The third-order valence-corrected chi connectivity index (χ3v) is 6.35. The van der Waals surface area contributed by atoms with Gasteiger partial charge in [-0.2, -0.15) is 0 Å². The van der Waals surface area contributed by atoms with Crippen LogP contribution in [0.4, 0.5) is 0 Å². The predicted octanol–water partition coefficient (Wildman–Crippen LogP) is 5.29. The lowest BCUT2D eigenvalue weighted by atomic mass is 9.94. The summed E-state index contributed by atoms with van der Waals surface area (Å²) >= 11 is 0. The molecule has 1 heterocycles. The maximum absolute atomic E-state index is 13.2. The Bertz CT molecular complexity index is 1230. The first kappa shape index (κ1) is 25.2. The van der Waals surface area contributed by atoms with Crippen LogP contribution >= 0.6 is 0 Å². The summed E-state index contributed by atoms with van der Waals surface area (Å²) in [7, 11) is 1.60. The Morgan fingerprint density at radius 3 is 2.39 bits per heavy atom. The summed E-state index contributed by atoms with van der Waals surface area (Å²) in [5.41, 5.74) is 3.44. The first-order chi connectivity index (χ1) is 17.5. The number of hydrogen-bond donors (Lipinski definition) is 1. The second kappa shape index (κ2) is 11.7. The summed E-state index contributed by atoms with van der Waals surface area (Å²) in [6.07, 6.45) is 1.43. The number of methoxy groups -OCH3 is 1. The van der Waals surface area contributed by atoms with Crippen LogP contribution in [0.25, 0.3) is 5.76 Å². The highest BCUT2D eigenvalue weighted by atomic mass is 16.5. The standard InChI is InChI=1S/C30H31NO5/c1-3-21-13-15-23(16-14-21)28(32)26-27(31(17-8-18-35-2)30(34)29(26)33)24-11-7-12-25(19-24)36-20-22-9-5-4-6-10-22/h4-7,9-16,19,27,32H,3,8,17-18,20H2,1-2H3/b28-26-. The van der Waals surface area contributed by atoms with Gasteiger partial charge >= 0.3 is 0 Å². The number of carbonyl (C=O) groups excluding carboxylic acids is 2. The quantitative estimate of drug-likeness (QED) is 0.183. The second-order valence-electron chi connectivity index (χ2n) is 8.74. The van der Waals surface area contributed by atoms with Gasteiger partial charge in [-0.3, -0.25) is 9.59 Å². The zero-order valence-electron chi connectivity index (χ0n) is 20.6. The monoisotopic (exact) mass is 485 g/mol. The number of hydrogen-bond acceptors (Lipinski definition) is 5. The van der Waals surface area contributed by atoms with Crippen molar-refractivity contribution in [2.24, 2.45) is 0 Å². The summed E-state index contributed by atoms with van der Waals surface area (Å²) < 4.78 is 11.2. The molecule has 0 aliphatic carbocycles. The third kappa shape index (κ3) is 5.50. The van der Waals surface area contributed by atoms with Crippen molar-refractivity contribution in [3.63, 3.8) is 0 Å². The van der Waals surface area contributed by atoms with E-state index in [0.717, 1.165) is 17.5 Å². The summed E-state index contributed by atoms with van der Waals surface area (Å²) in [6.45, 7) is 3.22. The molecule has 6 nitrogen and oxygen atoms in total. The fourth-order valence-corrected chi connectivity index (χ4v) is 4.41. The van der Waals surface area contributed by atoms with Gasteiger partial charge in [-0.1, -0.05) is 73.7 Å². The first-order valence-corrected chi connectivity index (χ1v) is 12.2. The Morgan fingerprint density at radius 2 is 1.69 bits per heavy atom. The van der Waals surface area contributed by atoms with Crippen molar-refractivity contribution in [2.45, 2.75) is 32.4 Å². The molecule has 6 heteroatoms. The van der Waals surface area contributed by atoms with E-state index in [1.807, 2.05) is 73.7 Å². The normalized spacial score (nSPS) is 16.9. The van der Waals surface area contributed by atoms with Crippen molar-refractivity contribution in [1.29, 1.82) is 0 Å². The highest BCUT2D eigenvalue weighted by molar-refractivity contribution is 6.46. The molecule has 3 aromatic carbocycles. The number of ketones is 1. The maximum Gasteiger partial charge on any atom is 0.295 e. The molecule has 1 unspecified atom stereocenters. The molecule has 186 valence electrons. The van der Waals surface area contributed by atoms with Gasteiger partial charge in [-0.15, -0.1) is 0 Å². The molecule has 1 amide bonds. The van der Waals surface area contributed by atoms with Crippen LogP contribution in [-0.4, -0.2) is 42.0 Å². The minimum atomic E-state index is -0.729. The van der Waals surface area contributed by atoms with Gasteiger partial charge < -0.3 is 19.5 Å². The summed E-state index contributed by atoms with van der Waals surface area (Å²) in [4.78, 5) is 27.8. The number of amides is 1. The topological polar surface area (TPSA) is 76.1 Å². The SMILES string of the molecule is CCc1ccc(/C(O)=C2/C(=O)C(=O)N(CCCOC)C2c2cccc(OCc3ccccc3)c2)cc1. The van der Waals surface area contributed by atoms with Gasteiger partial charge in [0.2, 0.25) is 0 Å². The van der Waals surface area contributed by atoms with Gasteiger partial charge in [0.05, 0.1) is 11.6 Å². The maximum atomic E-state index is 13.2. The van der Waals surface area contributed by atoms with Crippen LogP contribution in [0, 0.1) is 0 Å². The number of likely N-dealkylation sites (tertiary alicyclic amines) is 1. The fraction of sp³-hybridized carbons (Fsp3) is 0.267. The number of aliphatic hydroxyl groups excluding tert-OH is 1. The highest BCUT2D eigenvalue weighted by Crippen LogP contribution is 2.40. The number of aryl methyl sites for hydroxylation is 1. The number of ether oxygens (including phenoxy) is 2. The number of nitrogens with zero attached hydrogens (tertiary/aromatic N) is 1. The largest absolute Gasteiger partial charge is 0.507 e. The number of carbonyl (C=O) groups is 2. The van der Waals surface area contributed by atoms with Crippen LogP contribution in [0.3, 0.4) is 0 Å². The molecule has 1 fully saturated rings. The van der Waals surface area contributed by atoms with Gasteiger partial charge in [0.25, 0.3) is 11.7 Å². The van der Waals surface area contributed by atoms with E-state index in [0.29, 0.717) is 43.1 Å². The Balaban J connectivity index is 1.71. The van der Waals surface area contributed by atoms with Crippen molar-refractivity contribution in [3.05, 3.63) is 107 Å². The molecule has 1 N–H and O–H groups in total. The zero-order valence-corrected chi connectivity index (χ0v) is 20.6. The van der Waals surface area contributed by atoms with Crippen LogP contribution in [0.2, 0.25) is 0 Å². The summed E-state index contributed by atoms with van der Waals surface area (Å²) in [6, 6.07) is 23.8. The Labute approximate surface area is 211 Å². The molecule has 0 saturated carbocycles. The van der Waals surface area contributed by atoms with Gasteiger partial charge in [-0.05, 0) is 41.7 Å². The minimum Gasteiger partial charge on any atom is -0.507 e. The van der Waals surface area contributed by atoms with Crippen molar-refractivity contribution in [3.8, 4) is 5.75 Å². The smallest absolute Gasteiger partial charge is 0.295 e. The molecule has 1 saturated heterocycles. The first-order valence-electron chi connectivity index (χ1n) is 12.2. The lowest BCUT2D eigenvalue weighted by molar-refractivity contribution is -0.140. The van der Waals surface area contributed by atoms with Crippen molar-refractivity contribution in [2.75, 3.05) is 20.3 Å². The molecule has 1 aliphatic heterocycles. The molecule has 4 rings (SSSR count). The number of benzene rings is 3. The molecular formula is C30H31NO5. The molecule has 0 radical (unpaired) electrons. The lowest BCUT2D eigenvalue weighted by Crippen LogP contribution is -2.31. The van der Waals surface area contributed by atoms with E-state index in [4.69, 9.17) is 9.47 Å². The molecule has 3 aromatic rings. The Morgan fingerprint density at radius 1 is 0.944 bits per heavy atom. The third-order valence-electron chi connectivity index (χ3n) is 6.35. The summed E-state index contributed by atoms with van der Waals surface area (Å²) in [5.74, 6) is -0.875. The van der Waals surface area contributed by atoms with Crippen LogP contribution in [0.5, 0.6) is 5.75 Å². The van der Waals surface area contributed by atoms with E-state index < -0.39 is 17.7 Å². The molecule has 1 aliphatic rings. The van der Waals surface area contributed by atoms with E-state index in [2.05, 4.69) is 0 Å². The number of aliphatic hydroxyl groups is 1. The average Bonchev–Trinajstić information content (AvgIpc) is 3.17. The number of rotatable bonds is 10. The minimum absolute atomic E-state index is 0.0851. The van der Waals surface area contributed by atoms with E-state index in [1.165, 1.54) is 4.90 Å². The Kier molecular flexibility index (Phi) is 8.18. The molecule has 1 atom stereocenters. The van der Waals surface area contributed by atoms with Crippen LogP contribution in [0.1, 0.15) is 41.6 Å². The van der Waals surface area contributed by atoms with Gasteiger partial charge in [0, 0.05) is 25.8 Å². The van der Waals surface area contributed by atoms with Gasteiger partial charge in [0.15, 0.2) is 0 Å². The molecule has 36 heavy (non-hydrogen) atoms. The molecule has 0 aromatic heterocycles. The van der Waals surface area contributed by atoms with Crippen molar-refractivity contribution in [1.82, 2.24) is 4.90 Å². The van der Waals surface area contributed by atoms with Crippen LogP contribution in [0.15, 0.2) is 84.4 Å². The zero-order chi connectivity index (χ0) is 25.5. The van der Waals surface area contributed by atoms with Crippen molar-refractivity contribution >= 4 is 17.4 Å². The van der Waals surface area contributed by atoms with E-state index in [1.54, 1.807) is 19.2 Å². The lowest BCUT2D eigenvalue weighted by Gasteiger charge is -2.25. The predicted molar refractivity (Wildman–Crippen MR) is 139 cm³/mol. The number of Topliss-reactive ketones (excluding diaryl/α,β-unsaturated/α-hetero) is 1. The molecular weight excluding hydrogens is 454 g/mol.